The Kier molecular flexibility index (Phi) is 8.70. The van der Waals surface area contributed by atoms with E-state index in [9.17, 15) is 14.7 Å². The Morgan fingerprint density at radius 3 is 2.63 bits per heavy atom. The van der Waals surface area contributed by atoms with Crippen molar-refractivity contribution in [3.05, 3.63) is 47.1 Å². The molecule has 0 spiro atoms. The number of carbonyl (C=O) groups excluding carboxylic acids is 2. The van der Waals surface area contributed by atoms with Crippen LogP contribution in [0.4, 0.5) is 4.79 Å². The summed E-state index contributed by atoms with van der Waals surface area (Å²) in [6.45, 7) is 11.7. The number of rotatable bonds is 9. The van der Waals surface area contributed by atoms with Crippen molar-refractivity contribution in [3.63, 3.8) is 0 Å². The third-order valence-corrected chi connectivity index (χ3v) is 5.65. The Morgan fingerprint density at radius 1 is 1.27 bits per heavy atom. The molecule has 1 aliphatic rings. The van der Waals surface area contributed by atoms with E-state index in [1.54, 1.807) is 6.07 Å². The summed E-state index contributed by atoms with van der Waals surface area (Å²) < 4.78 is 5.62. The van der Waals surface area contributed by atoms with Crippen LogP contribution in [-0.4, -0.2) is 23.5 Å². The molecule has 0 saturated heterocycles. The van der Waals surface area contributed by atoms with Gasteiger partial charge >= 0.3 is 6.09 Å². The van der Waals surface area contributed by atoms with Gasteiger partial charge in [0.25, 0.3) is 0 Å². The van der Waals surface area contributed by atoms with E-state index in [0.29, 0.717) is 11.3 Å². The van der Waals surface area contributed by atoms with Crippen molar-refractivity contribution in [1.29, 1.82) is 0 Å². The van der Waals surface area contributed by atoms with E-state index in [0.717, 1.165) is 49.7 Å². The smallest absolute Gasteiger partial charge is 0.412 e. The van der Waals surface area contributed by atoms with Gasteiger partial charge in [-0.15, -0.1) is 0 Å². The lowest BCUT2D eigenvalue weighted by Crippen LogP contribution is -2.31. The quantitative estimate of drug-likeness (QED) is 0.395. The Hall–Kier alpha value is -2.56. The number of allylic oxidation sites excluding steroid dienone is 3. The Labute approximate surface area is 180 Å². The van der Waals surface area contributed by atoms with Gasteiger partial charge in [0.2, 0.25) is 0 Å². The molecule has 0 unspecified atom stereocenters. The van der Waals surface area contributed by atoms with E-state index >= 15 is 0 Å². The van der Waals surface area contributed by atoms with Crippen LogP contribution in [0.15, 0.2) is 35.9 Å². The first-order chi connectivity index (χ1) is 14.2. The minimum absolute atomic E-state index is 0.0901. The molecule has 0 heterocycles. The van der Waals surface area contributed by atoms with Gasteiger partial charge in [-0.05, 0) is 70.1 Å². The second-order valence-corrected chi connectivity index (χ2v) is 8.46. The van der Waals surface area contributed by atoms with Crippen LogP contribution in [0.2, 0.25) is 0 Å². The molecule has 1 aromatic carbocycles. The number of hydrogen-bond donors (Lipinski definition) is 2. The molecule has 30 heavy (non-hydrogen) atoms. The van der Waals surface area contributed by atoms with Gasteiger partial charge in [0.05, 0.1) is 6.54 Å². The average molecular weight is 414 g/mol. The first-order valence-electron chi connectivity index (χ1n) is 10.9. The summed E-state index contributed by atoms with van der Waals surface area (Å²) in [4.78, 5) is 23.5. The number of carbonyl (C=O) groups is 2. The van der Waals surface area contributed by atoms with Crippen molar-refractivity contribution in [2.75, 3.05) is 6.54 Å². The zero-order chi connectivity index (χ0) is 22.3. The van der Waals surface area contributed by atoms with Crippen molar-refractivity contribution in [1.82, 2.24) is 5.32 Å². The summed E-state index contributed by atoms with van der Waals surface area (Å²) in [5.74, 6) is 0.381. The standard InChI is InChI=1S/C25H35NO4/c1-6-7-8-9-19-13-22(28)24(21-12-17(4)10-11-20(21)16(2)3)23(14-19)30-25(29)26-15-18(5)27/h12-14,20-21,28H,2,6-11,15H2,1,3-5H3,(H,26,29)/t20-,21+/m0/s1. The highest BCUT2D eigenvalue weighted by Gasteiger charge is 2.31. The van der Waals surface area contributed by atoms with Gasteiger partial charge in [-0.2, -0.15) is 0 Å². The van der Waals surface area contributed by atoms with Crippen LogP contribution >= 0.6 is 0 Å². The predicted octanol–water partition coefficient (Wildman–Crippen LogP) is 5.82. The number of benzene rings is 1. The summed E-state index contributed by atoms with van der Waals surface area (Å²) in [6.07, 6.45) is 7.39. The van der Waals surface area contributed by atoms with Gasteiger partial charge in [0, 0.05) is 11.5 Å². The van der Waals surface area contributed by atoms with E-state index in [4.69, 9.17) is 4.74 Å². The van der Waals surface area contributed by atoms with E-state index in [1.807, 2.05) is 13.0 Å². The molecule has 0 aromatic heterocycles. The largest absolute Gasteiger partial charge is 0.507 e. The number of nitrogens with one attached hydrogen (secondary N) is 1. The molecule has 1 aromatic rings. The van der Waals surface area contributed by atoms with Crippen molar-refractivity contribution >= 4 is 11.9 Å². The first kappa shape index (κ1) is 23.7. The molecule has 2 N–H and O–H groups in total. The molecule has 5 nitrogen and oxygen atoms in total. The minimum atomic E-state index is -0.694. The van der Waals surface area contributed by atoms with Crippen molar-refractivity contribution in [2.45, 2.75) is 72.1 Å². The van der Waals surface area contributed by atoms with Crippen molar-refractivity contribution in [3.8, 4) is 11.5 Å². The second kappa shape index (κ2) is 11.0. The maximum atomic E-state index is 12.3. The highest BCUT2D eigenvalue weighted by atomic mass is 16.6. The number of aryl methyl sites for hydroxylation is 1. The average Bonchev–Trinajstić information content (AvgIpc) is 2.66. The van der Waals surface area contributed by atoms with Gasteiger partial charge < -0.3 is 15.2 Å². The monoisotopic (exact) mass is 413 g/mol. The Morgan fingerprint density at radius 2 is 2.00 bits per heavy atom. The Bertz CT molecular complexity index is 825. The van der Waals surface area contributed by atoms with Gasteiger partial charge in [-0.1, -0.05) is 43.6 Å². The van der Waals surface area contributed by atoms with Crippen LogP contribution in [0.5, 0.6) is 11.5 Å². The van der Waals surface area contributed by atoms with Crippen LogP contribution in [0.3, 0.4) is 0 Å². The zero-order valence-electron chi connectivity index (χ0n) is 18.7. The fourth-order valence-corrected chi connectivity index (χ4v) is 4.05. The molecule has 0 bridgehead atoms. The lowest BCUT2D eigenvalue weighted by atomic mass is 9.73. The summed E-state index contributed by atoms with van der Waals surface area (Å²) in [5.41, 5.74) is 3.83. The van der Waals surface area contributed by atoms with Gasteiger partial charge in [0.1, 0.15) is 17.3 Å². The molecule has 2 atom stereocenters. The number of ether oxygens (including phenoxy) is 1. The molecule has 1 amide bonds. The number of hydrogen-bond acceptors (Lipinski definition) is 4. The molecule has 0 saturated carbocycles. The topological polar surface area (TPSA) is 75.6 Å². The molecule has 0 radical (unpaired) electrons. The summed E-state index contributed by atoms with van der Waals surface area (Å²) in [6, 6.07) is 3.64. The molecular weight excluding hydrogens is 378 g/mol. The number of phenolic OH excluding ortho intramolecular Hbond substituents is 1. The molecule has 0 fully saturated rings. The number of Topliss-reactive ketones (excluding diaryl/α,β-unsaturated/α-hetero) is 1. The van der Waals surface area contributed by atoms with E-state index in [2.05, 4.69) is 31.8 Å². The molecule has 5 heteroatoms. The molecular formula is C25H35NO4. The molecule has 164 valence electrons. The summed E-state index contributed by atoms with van der Waals surface area (Å²) in [7, 11) is 0. The first-order valence-corrected chi connectivity index (χ1v) is 10.9. The van der Waals surface area contributed by atoms with E-state index in [1.165, 1.54) is 12.5 Å². The summed E-state index contributed by atoms with van der Waals surface area (Å²) >= 11 is 0. The fourth-order valence-electron chi connectivity index (χ4n) is 4.05. The SMILES string of the molecule is C=C(C)[C@@H]1CCC(C)=C[C@H]1c1c(O)cc(CCCCC)cc1OC(=O)NCC(C)=O. The predicted molar refractivity (Wildman–Crippen MR) is 120 cm³/mol. The highest BCUT2D eigenvalue weighted by molar-refractivity contribution is 5.82. The number of aromatic hydroxyl groups is 1. The Balaban J connectivity index is 2.45. The van der Waals surface area contributed by atoms with Gasteiger partial charge in [-0.25, -0.2) is 4.79 Å². The number of unbranched alkanes of at least 4 members (excludes halogenated alkanes) is 2. The summed E-state index contributed by atoms with van der Waals surface area (Å²) in [5, 5.41) is 13.4. The van der Waals surface area contributed by atoms with Crippen LogP contribution in [-0.2, 0) is 11.2 Å². The van der Waals surface area contributed by atoms with Crippen molar-refractivity contribution < 1.29 is 19.4 Å². The third-order valence-electron chi connectivity index (χ3n) is 5.65. The lowest BCUT2D eigenvalue weighted by Gasteiger charge is -2.32. The molecule has 1 aliphatic carbocycles. The highest BCUT2D eigenvalue weighted by Crippen LogP contribution is 2.47. The maximum absolute atomic E-state index is 12.3. The number of phenols is 1. The lowest BCUT2D eigenvalue weighted by molar-refractivity contribution is -0.116. The molecule has 0 aliphatic heterocycles. The van der Waals surface area contributed by atoms with Crippen molar-refractivity contribution in [2.24, 2.45) is 5.92 Å². The second-order valence-electron chi connectivity index (χ2n) is 8.46. The normalized spacial score (nSPS) is 18.5. The van der Waals surface area contributed by atoms with Gasteiger partial charge in [-0.3, -0.25) is 4.79 Å². The van der Waals surface area contributed by atoms with Crippen LogP contribution in [0, 0.1) is 5.92 Å². The number of amides is 1. The number of ketones is 1. The van der Waals surface area contributed by atoms with Crippen LogP contribution in [0.1, 0.15) is 76.8 Å². The fraction of sp³-hybridized carbons (Fsp3) is 0.520. The maximum Gasteiger partial charge on any atom is 0.412 e. The zero-order valence-corrected chi connectivity index (χ0v) is 18.7. The molecule has 2 rings (SSSR count). The van der Waals surface area contributed by atoms with E-state index in [-0.39, 0.29) is 29.9 Å². The van der Waals surface area contributed by atoms with Crippen LogP contribution in [0.25, 0.3) is 0 Å². The van der Waals surface area contributed by atoms with Crippen LogP contribution < -0.4 is 10.1 Å². The van der Waals surface area contributed by atoms with Gasteiger partial charge in [0.15, 0.2) is 0 Å². The van der Waals surface area contributed by atoms with E-state index < -0.39 is 6.09 Å². The minimum Gasteiger partial charge on any atom is -0.507 e. The third kappa shape index (κ3) is 6.48.